The Kier molecular flexibility index (Phi) is 2.90. The Hall–Kier alpha value is -2.02. The van der Waals surface area contributed by atoms with E-state index in [4.69, 9.17) is 0 Å². The molecule has 1 aromatic carbocycles. The smallest absolute Gasteiger partial charge is 0.225 e. The first kappa shape index (κ1) is 12.0. The third-order valence-corrected chi connectivity index (χ3v) is 4.25. The van der Waals surface area contributed by atoms with E-state index in [1.165, 1.54) is 0 Å². The number of nitrogens with zero attached hydrogens (tertiary/aromatic N) is 2. The standard InChI is InChI=1S/C15H17N3O/c1-10-4-2-5-11(8-16)14(10)18-7-3-6-12-13(18)9-17-15(12)19/h2,4-5,12-13H,3,6-7,9H2,1H3,(H,17,19). The third kappa shape index (κ3) is 1.86. The molecule has 4 heteroatoms. The molecule has 2 heterocycles. The van der Waals surface area contributed by atoms with Crippen LogP contribution in [0.3, 0.4) is 0 Å². The number of aryl methyl sites for hydroxylation is 1. The minimum atomic E-state index is 0.0832. The zero-order chi connectivity index (χ0) is 13.4. The maximum atomic E-state index is 11.8. The normalized spacial score (nSPS) is 25.7. The number of para-hydroxylation sites is 1. The molecule has 0 radical (unpaired) electrons. The minimum absolute atomic E-state index is 0.0832. The van der Waals surface area contributed by atoms with Crippen LogP contribution in [0.15, 0.2) is 18.2 Å². The molecule has 1 N–H and O–H groups in total. The molecule has 0 saturated carbocycles. The number of rotatable bonds is 1. The summed E-state index contributed by atoms with van der Waals surface area (Å²) in [7, 11) is 0. The molecule has 2 fully saturated rings. The largest absolute Gasteiger partial charge is 0.365 e. The summed E-state index contributed by atoms with van der Waals surface area (Å²) in [6, 6.07) is 8.28. The van der Waals surface area contributed by atoms with E-state index in [1.54, 1.807) is 0 Å². The van der Waals surface area contributed by atoms with Crippen molar-refractivity contribution in [1.29, 1.82) is 5.26 Å². The van der Waals surface area contributed by atoms with Gasteiger partial charge in [-0.15, -0.1) is 0 Å². The van der Waals surface area contributed by atoms with Gasteiger partial charge in [0, 0.05) is 13.1 Å². The SMILES string of the molecule is Cc1cccc(C#N)c1N1CCCC2C(=O)NCC21. The van der Waals surface area contributed by atoms with Crippen molar-refractivity contribution >= 4 is 11.6 Å². The van der Waals surface area contributed by atoms with Gasteiger partial charge in [0.05, 0.1) is 23.2 Å². The maximum Gasteiger partial charge on any atom is 0.225 e. The van der Waals surface area contributed by atoms with Crippen LogP contribution in [-0.4, -0.2) is 25.0 Å². The fourth-order valence-corrected chi connectivity index (χ4v) is 3.36. The molecule has 2 unspecified atom stereocenters. The highest BCUT2D eigenvalue weighted by Gasteiger charge is 2.41. The second-order valence-electron chi connectivity index (χ2n) is 5.34. The van der Waals surface area contributed by atoms with Crippen LogP contribution in [-0.2, 0) is 4.79 Å². The lowest BCUT2D eigenvalue weighted by molar-refractivity contribution is -0.122. The molecule has 0 spiro atoms. The Balaban J connectivity index is 2.03. The Bertz CT molecular complexity index is 561. The summed E-state index contributed by atoms with van der Waals surface area (Å²) in [5, 5.41) is 12.3. The van der Waals surface area contributed by atoms with Crippen LogP contribution in [0.5, 0.6) is 0 Å². The molecule has 19 heavy (non-hydrogen) atoms. The van der Waals surface area contributed by atoms with Crippen molar-refractivity contribution in [3.63, 3.8) is 0 Å². The van der Waals surface area contributed by atoms with Gasteiger partial charge >= 0.3 is 0 Å². The van der Waals surface area contributed by atoms with Crippen LogP contribution < -0.4 is 10.2 Å². The van der Waals surface area contributed by atoms with E-state index >= 15 is 0 Å². The van der Waals surface area contributed by atoms with Gasteiger partial charge in [-0.25, -0.2) is 0 Å². The van der Waals surface area contributed by atoms with E-state index in [-0.39, 0.29) is 17.9 Å². The fourth-order valence-electron chi connectivity index (χ4n) is 3.36. The second kappa shape index (κ2) is 4.58. The summed E-state index contributed by atoms with van der Waals surface area (Å²) in [6.45, 7) is 3.66. The molecule has 98 valence electrons. The Morgan fingerprint density at radius 1 is 1.47 bits per heavy atom. The van der Waals surface area contributed by atoms with Gasteiger partial charge in [0.1, 0.15) is 6.07 Å². The quantitative estimate of drug-likeness (QED) is 0.829. The van der Waals surface area contributed by atoms with Gasteiger partial charge in [0.25, 0.3) is 0 Å². The van der Waals surface area contributed by atoms with Crippen LogP contribution in [0.2, 0.25) is 0 Å². The average molecular weight is 255 g/mol. The predicted molar refractivity (Wildman–Crippen MR) is 72.8 cm³/mol. The molecule has 0 aliphatic carbocycles. The van der Waals surface area contributed by atoms with Gasteiger partial charge in [-0.05, 0) is 31.4 Å². The number of hydrogen-bond donors (Lipinski definition) is 1. The zero-order valence-electron chi connectivity index (χ0n) is 11.0. The van der Waals surface area contributed by atoms with E-state index in [0.717, 1.165) is 30.6 Å². The van der Waals surface area contributed by atoms with Crippen LogP contribution in [0, 0.1) is 24.2 Å². The lowest BCUT2D eigenvalue weighted by atomic mass is 9.90. The summed E-state index contributed by atoms with van der Waals surface area (Å²) in [4.78, 5) is 14.1. The molecule has 1 aromatic rings. The van der Waals surface area contributed by atoms with Gasteiger partial charge in [0.2, 0.25) is 5.91 Å². The second-order valence-corrected chi connectivity index (χ2v) is 5.34. The Morgan fingerprint density at radius 2 is 2.32 bits per heavy atom. The summed E-state index contributed by atoms with van der Waals surface area (Å²) in [6.07, 6.45) is 1.97. The van der Waals surface area contributed by atoms with Crippen molar-refractivity contribution in [2.75, 3.05) is 18.0 Å². The van der Waals surface area contributed by atoms with Crippen LogP contribution in [0.1, 0.15) is 24.0 Å². The van der Waals surface area contributed by atoms with Crippen molar-refractivity contribution in [2.45, 2.75) is 25.8 Å². The van der Waals surface area contributed by atoms with Crippen molar-refractivity contribution < 1.29 is 4.79 Å². The predicted octanol–water partition coefficient (Wildman–Crippen LogP) is 1.58. The van der Waals surface area contributed by atoms with Gasteiger partial charge in [-0.2, -0.15) is 5.26 Å². The molecule has 1 amide bonds. The minimum Gasteiger partial charge on any atom is -0.365 e. The molecule has 0 bridgehead atoms. The van der Waals surface area contributed by atoms with E-state index in [9.17, 15) is 10.1 Å². The Labute approximate surface area is 113 Å². The Morgan fingerprint density at radius 3 is 3.11 bits per heavy atom. The molecule has 2 aliphatic heterocycles. The number of carbonyl (C=O) groups is 1. The summed E-state index contributed by atoms with van der Waals surface area (Å²) in [5.74, 6) is 0.252. The van der Waals surface area contributed by atoms with Crippen LogP contribution in [0.4, 0.5) is 5.69 Å². The van der Waals surface area contributed by atoms with Crippen molar-refractivity contribution in [3.05, 3.63) is 29.3 Å². The highest BCUT2D eigenvalue weighted by atomic mass is 16.2. The molecule has 0 aromatic heterocycles. The lowest BCUT2D eigenvalue weighted by Crippen LogP contribution is -2.46. The van der Waals surface area contributed by atoms with Crippen molar-refractivity contribution in [1.82, 2.24) is 5.32 Å². The van der Waals surface area contributed by atoms with Crippen LogP contribution >= 0.6 is 0 Å². The molecule has 2 aliphatic rings. The monoisotopic (exact) mass is 255 g/mol. The maximum absolute atomic E-state index is 11.8. The van der Waals surface area contributed by atoms with E-state index in [1.807, 2.05) is 25.1 Å². The summed E-state index contributed by atoms with van der Waals surface area (Å²) < 4.78 is 0. The fraction of sp³-hybridized carbons (Fsp3) is 0.467. The summed E-state index contributed by atoms with van der Waals surface area (Å²) in [5.41, 5.74) is 2.83. The number of nitrogens with one attached hydrogen (secondary N) is 1. The first-order valence-electron chi connectivity index (χ1n) is 6.76. The number of nitriles is 1. The zero-order valence-corrected chi connectivity index (χ0v) is 11.0. The molecule has 2 saturated heterocycles. The number of carbonyl (C=O) groups excluding carboxylic acids is 1. The first-order valence-corrected chi connectivity index (χ1v) is 6.76. The summed E-state index contributed by atoms with van der Waals surface area (Å²) >= 11 is 0. The van der Waals surface area contributed by atoms with Gasteiger partial charge in [-0.3, -0.25) is 4.79 Å². The number of amides is 1. The van der Waals surface area contributed by atoms with Crippen molar-refractivity contribution in [3.8, 4) is 6.07 Å². The number of piperidine rings is 1. The third-order valence-electron chi connectivity index (χ3n) is 4.25. The molecular formula is C15H17N3O. The number of benzene rings is 1. The van der Waals surface area contributed by atoms with Gasteiger partial charge < -0.3 is 10.2 Å². The lowest BCUT2D eigenvalue weighted by Gasteiger charge is -2.39. The number of anilines is 1. The van der Waals surface area contributed by atoms with Crippen molar-refractivity contribution in [2.24, 2.45) is 5.92 Å². The molecule has 2 atom stereocenters. The number of hydrogen-bond acceptors (Lipinski definition) is 3. The molecule has 3 rings (SSSR count). The van der Waals surface area contributed by atoms with Gasteiger partial charge in [0.15, 0.2) is 0 Å². The van der Waals surface area contributed by atoms with E-state index < -0.39 is 0 Å². The number of fused-ring (bicyclic) bond motifs is 1. The topological polar surface area (TPSA) is 56.1 Å². The molecular weight excluding hydrogens is 238 g/mol. The average Bonchev–Trinajstić information content (AvgIpc) is 2.80. The van der Waals surface area contributed by atoms with Crippen LogP contribution in [0.25, 0.3) is 0 Å². The highest BCUT2D eigenvalue weighted by Crippen LogP contribution is 2.35. The highest BCUT2D eigenvalue weighted by molar-refractivity contribution is 5.83. The van der Waals surface area contributed by atoms with E-state index in [0.29, 0.717) is 12.1 Å². The van der Waals surface area contributed by atoms with E-state index in [2.05, 4.69) is 16.3 Å². The first-order chi connectivity index (χ1) is 9.22. The molecule has 4 nitrogen and oxygen atoms in total. The van der Waals surface area contributed by atoms with Gasteiger partial charge in [-0.1, -0.05) is 12.1 Å².